The predicted octanol–water partition coefficient (Wildman–Crippen LogP) is 1.96. The smallest absolute Gasteiger partial charge is 0.271 e. The van der Waals surface area contributed by atoms with Crippen LogP contribution in [0.5, 0.6) is 5.75 Å². The Morgan fingerprint density at radius 2 is 2.00 bits per heavy atom. The molecule has 0 bridgehead atoms. The second-order valence-corrected chi connectivity index (χ2v) is 4.89. The SMILES string of the molecule is CCCNCc1cc(-c2ccc(OC)cc2)nn(C)c1=O. The molecule has 1 heterocycles. The zero-order valence-corrected chi connectivity index (χ0v) is 12.7. The molecule has 0 amide bonds. The van der Waals surface area contributed by atoms with Crippen molar-refractivity contribution in [2.45, 2.75) is 19.9 Å². The van der Waals surface area contributed by atoms with Gasteiger partial charge in [0.05, 0.1) is 12.8 Å². The van der Waals surface area contributed by atoms with Crippen LogP contribution in [-0.4, -0.2) is 23.4 Å². The number of methoxy groups -OCH3 is 1. The van der Waals surface area contributed by atoms with Crippen LogP contribution >= 0.6 is 0 Å². The molecule has 0 aliphatic heterocycles. The monoisotopic (exact) mass is 287 g/mol. The second kappa shape index (κ2) is 7.04. The molecule has 0 spiro atoms. The Kier molecular flexibility index (Phi) is 5.11. The van der Waals surface area contributed by atoms with Gasteiger partial charge in [-0.2, -0.15) is 5.10 Å². The molecule has 0 saturated heterocycles. The molecule has 21 heavy (non-hydrogen) atoms. The van der Waals surface area contributed by atoms with Crippen molar-refractivity contribution in [1.29, 1.82) is 0 Å². The molecule has 0 aliphatic carbocycles. The van der Waals surface area contributed by atoms with Crippen molar-refractivity contribution in [3.05, 3.63) is 46.2 Å². The first-order valence-corrected chi connectivity index (χ1v) is 7.08. The van der Waals surface area contributed by atoms with E-state index < -0.39 is 0 Å². The molecule has 0 unspecified atom stereocenters. The summed E-state index contributed by atoms with van der Waals surface area (Å²) in [5.41, 5.74) is 2.42. The Morgan fingerprint density at radius 3 is 2.62 bits per heavy atom. The molecular formula is C16H21N3O2. The molecule has 0 atom stereocenters. The molecule has 0 fully saturated rings. The lowest BCUT2D eigenvalue weighted by atomic mass is 10.1. The number of ether oxygens (including phenoxy) is 1. The van der Waals surface area contributed by atoms with Crippen LogP contribution in [0.1, 0.15) is 18.9 Å². The van der Waals surface area contributed by atoms with E-state index in [1.165, 1.54) is 4.68 Å². The van der Waals surface area contributed by atoms with Crippen LogP contribution in [0.15, 0.2) is 35.1 Å². The van der Waals surface area contributed by atoms with Crippen LogP contribution in [0.3, 0.4) is 0 Å². The molecule has 5 nitrogen and oxygen atoms in total. The Bertz CT molecular complexity index is 648. The summed E-state index contributed by atoms with van der Waals surface area (Å²) < 4.78 is 6.54. The third-order valence-electron chi connectivity index (χ3n) is 3.27. The quantitative estimate of drug-likeness (QED) is 0.825. The molecule has 0 aliphatic rings. The van der Waals surface area contributed by atoms with Gasteiger partial charge in [0.1, 0.15) is 5.75 Å². The summed E-state index contributed by atoms with van der Waals surface area (Å²) >= 11 is 0. The minimum Gasteiger partial charge on any atom is -0.497 e. The number of hydrogen-bond donors (Lipinski definition) is 1. The lowest BCUT2D eigenvalue weighted by Crippen LogP contribution is -2.27. The van der Waals surface area contributed by atoms with Crippen molar-refractivity contribution in [1.82, 2.24) is 15.1 Å². The minimum atomic E-state index is -0.0594. The Hall–Kier alpha value is -2.14. The van der Waals surface area contributed by atoms with Gasteiger partial charge in [0.25, 0.3) is 5.56 Å². The number of aromatic nitrogens is 2. The van der Waals surface area contributed by atoms with E-state index in [1.54, 1.807) is 14.2 Å². The average molecular weight is 287 g/mol. The highest BCUT2D eigenvalue weighted by Crippen LogP contribution is 2.20. The average Bonchev–Trinajstić information content (AvgIpc) is 2.51. The standard InChI is InChI=1S/C16H21N3O2/c1-4-9-17-11-13-10-15(18-19(2)16(13)20)12-5-7-14(21-3)8-6-12/h5-8,10,17H,4,9,11H2,1-3H3. The van der Waals surface area contributed by atoms with Gasteiger partial charge in [-0.05, 0) is 43.3 Å². The van der Waals surface area contributed by atoms with E-state index in [0.717, 1.165) is 35.5 Å². The first kappa shape index (κ1) is 15.3. The molecule has 0 saturated carbocycles. The first-order valence-electron chi connectivity index (χ1n) is 7.08. The minimum absolute atomic E-state index is 0.0594. The van der Waals surface area contributed by atoms with Crippen LogP contribution < -0.4 is 15.6 Å². The van der Waals surface area contributed by atoms with Crippen molar-refractivity contribution >= 4 is 0 Å². The highest BCUT2D eigenvalue weighted by molar-refractivity contribution is 5.60. The predicted molar refractivity (Wildman–Crippen MR) is 83.5 cm³/mol. The Morgan fingerprint density at radius 1 is 1.29 bits per heavy atom. The van der Waals surface area contributed by atoms with E-state index in [1.807, 2.05) is 30.3 Å². The lowest BCUT2D eigenvalue weighted by Gasteiger charge is -2.09. The van der Waals surface area contributed by atoms with Gasteiger partial charge in [0.15, 0.2) is 0 Å². The van der Waals surface area contributed by atoms with Crippen LogP contribution in [-0.2, 0) is 13.6 Å². The Labute approximate surface area is 124 Å². The van der Waals surface area contributed by atoms with E-state index in [-0.39, 0.29) is 5.56 Å². The first-order chi connectivity index (χ1) is 10.2. The molecule has 1 aromatic heterocycles. The highest BCUT2D eigenvalue weighted by atomic mass is 16.5. The third kappa shape index (κ3) is 3.70. The molecule has 2 aromatic rings. The summed E-state index contributed by atoms with van der Waals surface area (Å²) in [6.07, 6.45) is 1.04. The van der Waals surface area contributed by atoms with Crippen molar-refractivity contribution in [3.8, 4) is 17.0 Å². The van der Waals surface area contributed by atoms with Gasteiger partial charge in [0, 0.05) is 24.7 Å². The maximum atomic E-state index is 12.1. The van der Waals surface area contributed by atoms with Gasteiger partial charge >= 0.3 is 0 Å². The zero-order valence-electron chi connectivity index (χ0n) is 12.7. The fourth-order valence-corrected chi connectivity index (χ4v) is 2.10. The van der Waals surface area contributed by atoms with Crippen molar-refractivity contribution in [2.24, 2.45) is 7.05 Å². The fourth-order valence-electron chi connectivity index (χ4n) is 2.10. The van der Waals surface area contributed by atoms with Gasteiger partial charge in [-0.15, -0.1) is 0 Å². The largest absolute Gasteiger partial charge is 0.497 e. The maximum absolute atomic E-state index is 12.1. The van der Waals surface area contributed by atoms with Crippen LogP contribution in [0.2, 0.25) is 0 Å². The van der Waals surface area contributed by atoms with Crippen LogP contribution in [0.25, 0.3) is 11.3 Å². The summed E-state index contributed by atoms with van der Waals surface area (Å²) in [4.78, 5) is 12.1. The van der Waals surface area contributed by atoms with E-state index in [0.29, 0.717) is 6.54 Å². The summed E-state index contributed by atoms with van der Waals surface area (Å²) in [6.45, 7) is 3.55. The Balaban J connectivity index is 2.32. The number of benzene rings is 1. The molecule has 1 aromatic carbocycles. The van der Waals surface area contributed by atoms with Crippen molar-refractivity contribution < 1.29 is 4.74 Å². The third-order valence-corrected chi connectivity index (χ3v) is 3.27. The molecule has 2 rings (SSSR count). The second-order valence-electron chi connectivity index (χ2n) is 4.89. The molecular weight excluding hydrogens is 266 g/mol. The summed E-state index contributed by atoms with van der Waals surface area (Å²) in [5, 5.41) is 7.58. The van der Waals surface area contributed by atoms with Gasteiger partial charge < -0.3 is 10.1 Å². The van der Waals surface area contributed by atoms with E-state index >= 15 is 0 Å². The maximum Gasteiger partial charge on any atom is 0.271 e. The zero-order chi connectivity index (χ0) is 15.2. The number of rotatable bonds is 6. The van der Waals surface area contributed by atoms with Crippen LogP contribution in [0, 0.1) is 0 Å². The topological polar surface area (TPSA) is 56.1 Å². The van der Waals surface area contributed by atoms with Gasteiger partial charge in [0.2, 0.25) is 0 Å². The van der Waals surface area contributed by atoms with Crippen molar-refractivity contribution in [3.63, 3.8) is 0 Å². The normalized spacial score (nSPS) is 10.6. The van der Waals surface area contributed by atoms with Crippen LogP contribution in [0.4, 0.5) is 0 Å². The summed E-state index contributed by atoms with van der Waals surface area (Å²) in [5.74, 6) is 0.799. The molecule has 0 radical (unpaired) electrons. The number of hydrogen-bond acceptors (Lipinski definition) is 4. The van der Waals surface area contributed by atoms with Crippen molar-refractivity contribution in [2.75, 3.05) is 13.7 Å². The highest BCUT2D eigenvalue weighted by Gasteiger charge is 2.08. The lowest BCUT2D eigenvalue weighted by molar-refractivity contribution is 0.415. The molecule has 112 valence electrons. The van der Waals surface area contributed by atoms with E-state index in [4.69, 9.17) is 4.74 Å². The van der Waals surface area contributed by atoms with E-state index in [9.17, 15) is 4.79 Å². The van der Waals surface area contributed by atoms with Gasteiger partial charge in [-0.25, -0.2) is 4.68 Å². The summed E-state index contributed by atoms with van der Waals surface area (Å²) in [6, 6.07) is 9.50. The molecule has 1 N–H and O–H groups in total. The fraction of sp³-hybridized carbons (Fsp3) is 0.375. The number of nitrogens with zero attached hydrogens (tertiary/aromatic N) is 2. The van der Waals surface area contributed by atoms with Gasteiger partial charge in [-0.1, -0.05) is 6.92 Å². The number of aryl methyl sites for hydroxylation is 1. The molecule has 5 heteroatoms. The number of nitrogens with one attached hydrogen (secondary N) is 1. The van der Waals surface area contributed by atoms with E-state index in [2.05, 4.69) is 17.3 Å². The van der Waals surface area contributed by atoms with Gasteiger partial charge in [-0.3, -0.25) is 4.79 Å². The summed E-state index contributed by atoms with van der Waals surface area (Å²) in [7, 11) is 3.32.